The molecule has 2 aromatic carbocycles. The second kappa shape index (κ2) is 8.59. The smallest absolute Gasteiger partial charge is 0.411 e. The standard InChI is InChI=1S/C27H30N2O6/c1-33-23(30)19-13-14-27-26(22(19)24(31)34-2,15-16-28(27)25(32)35-3)20-11-7-8-12-21(20)29(27)17-18-9-5-4-6-10-18/h4-12,19,22H,13-17H2,1-3H3/t19-,22-,26+,27-/m1/s1. The van der Waals surface area contributed by atoms with Crippen LogP contribution in [-0.4, -0.2) is 56.5 Å². The van der Waals surface area contributed by atoms with Crippen molar-refractivity contribution in [3.05, 3.63) is 65.7 Å². The number of ether oxygens (including phenoxy) is 3. The SMILES string of the molecule is COC(=O)[C@@H]1CC[C@]23N(C(=O)OC)CC[C@]2(c2ccccc2N3Cc2ccccc2)[C@H]1C(=O)OC. The molecule has 8 heteroatoms. The van der Waals surface area contributed by atoms with Gasteiger partial charge in [0.15, 0.2) is 0 Å². The van der Waals surface area contributed by atoms with Gasteiger partial charge in [-0.15, -0.1) is 0 Å². The number of rotatable bonds is 4. The molecule has 2 aliphatic heterocycles. The number of hydrogen-bond donors (Lipinski definition) is 0. The van der Waals surface area contributed by atoms with Gasteiger partial charge in [-0.2, -0.15) is 0 Å². The lowest BCUT2D eigenvalue weighted by molar-refractivity contribution is -0.167. The van der Waals surface area contributed by atoms with Gasteiger partial charge in [0, 0.05) is 18.8 Å². The fourth-order valence-corrected chi connectivity index (χ4v) is 7.10. The van der Waals surface area contributed by atoms with Crippen molar-refractivity contribution in [2.45, 2.75) is 36.9 Å². The van der Waals surface area contributed by atoms with E-state index in [4.69, 9.17) is 14.2 Å². The van der Waals surface area contributed by atoms with Gasteiger partial charge in [-0.25, -0.2) is 4.79 Å². The molecule has 2 heterocycles. The van der Waals surface area contributed by atoms with E-state index in [0.717, 1.165) is 16.8 Å². The Kier molecular flexibility index (Phi) is 5.69. The van der Waals surface area contributed by atoms with Crippen molar-refractivity contribution >= 4 is 23.7 Å². The number of hydrogen-bond acceptors (Lipinski definition) is 7. The van der Waals surface area contributed by atoms with Gasteiger partial charge in [-0.3, -0.25) is 14.5 Å². The first kappa shape index (κ1) is 23.2. The third kappa shape index (κ3) is 3.01. The van der Waals surface area contributed by atoms with Crippen LogP contribution in [0.15, 0.2) is 54.6 Å². The van der Waals surface area contributed by atoms with Gasteiger partial charge in [0.2, 0.25) is 0 Å². The van der Waals surface area contributed by atoms with Crippen molar-refractivity contribution in [2.24, 2.45) is 11.8 Å². The number of benzene rings is 2. The van der Waals surface area contributed by atoms with Crippen molar-refractivity contribution in [3.8, 4) is 0 Å². The van der Waals surface area contributed by atoms with Crippen LogP contribution in [0.25, 0.3) is 0 Å². The van der Waals surface area contributed by atoms with E-state index in [1.165, 1.54) is 21.3 Å². The Hall–Kier alpha value is -3.55. The molecular weight excluding hydrogens is 448 g/mol. The van der Waals surface area contributed by atoms with E-state index in [1.54, 1.807) is 4.90 Å². The normalized spacial score (nSPS) is 28.5. The van der Waals surface area contributed by atoms with Crippen LogP contribution in [0.3, 0.4) is 0 Å². The average molecular weight is 479 g/mol. The molecule has 184 valence electrons. The molecule has 0 bridgehead atoms. The Morgan fingerprint density at radius 1 is 0.886 bits per heavy atom. The Balaban J connectivity index is 1.79. The van der Waals surface area contributed by atoms with Crippen LogP contribution in [0.5, 0.6) is 0 Å². The molecule has 2 fully saturated rings. The number of carbonyl (C=O) groups excluding carboxylic acids is 3. The molecule has 35 heavy (non-hydrogen) atoms. The van der Waals surface area contributed by atoms with E-state index >= 15 is 0 Å². The molecule has 0 spiro atoms. The van der Waals surface area contributed by atoms with Crippen LogP contribution in [0.1, 0.15) is 30.4 Å². The molecule has 2 aromatic rings. The summed E-state index contributed by atoms with van der Waals surface area (Å²) in [5, 5.41) is 0. The first-order valence-corrected chi connectivity index (χ1v) is 11.9. The second-order valence-electron chi connectivity index (χ2n) is 9.42. The number of anilines is 1. The number of esters is 2. The fourth-order valence-electron chi connectivity index (χ4n) is 7.10. The van der Waals surface area contributed by atoms with Gasteiger partial charge in [0.05, 0.1) is 38.6 Å². The summed E-state index contributed by atoms with van der Waals surface area (Å²) in [6.07, 6.45) is 0.910. The maximum atomic E-state index is 13.5. The Labute approximate surface area is 204 Å². The molecule has 0 aromatic heterocycles. The number of methoxy groups -OCH3 is 3. The summed E-state index contributed by atoms with van der Waals surface area (Å²) in [6, 6.07) is 18.0. The molecule has 4 atom stereocenters. The minimum atomic E-state index is -0.900. The van der Waals surface area contributed by atoms with Crippen LogP contribution >= 0.6 is 0 Å². The van der Waals surface area contributed by atoms with Gasteiger partial charge in [0.1, 0.15) is 5.66 Å². The number of fused-ring (bicyclic) bond motifs is 1. The van der Waals surface area contributed by atoms with E-state index in [9.17, 15) is 14.4 Å². The van der Waals surface area contributed by atoms with Gasteiger partial charge < -0.3 is 19.1 Å². The van der Waals surface area contributed by atoms with Crippen LogP contribution in [0.4, 0.5) is 10.5 Å². The van der Waals surface area contributed by atoms with Crippen LogP contribution in [0, 0.1) is 11.8 Å². The highest BCUT2D eigenvalue weighted by atomic mass is 16.5. The summed E-state index contributed by atoms with van der Waals surface area (Å²) in [5.41, 5.74) is 1.21. The Morgan fingerprint density at radius 3 is 2.26 bits per heavy atom. The average Bonchev–Trinajstić information content (AvgIpc) is 3.37. The van der Waals surface area contributed by atoms with E-state index < -0.39 is 40.9 Å². The maximum absolute atomic E-state index is 13.5. The highest BCUT2D eigenvalue weighted by Crippen LogP contribution is 2.68. The number of carbonyl (C=O) groups is 3. The van der Waals surface area contributed by atoms with E-state index in [1.807, 2.05) is 42.5 Å². The molecule has 0 radical (unpaired) electrons. The third-order valence-electron chi connectivity index (χ3n) is 8.29. The lowest BCUT2D eigenvalue weighted by Gasteiger charge is -2.56. The molecule has 1 amide bonds. The minimum absolute atomic E-state index is 0.376. The Morgan fingerprint density at radius 2 is 1.57 bits per heavy atom. The zero-order chi connectivity index (χ0) is 24.8. The third-order valence-corrected chi connectivity index (χ3v) is 8.29. The zero-order valence-electron chi connectivity index (χ0n) is 20.2. The minimum Gasteiger partial charge on any atom is -0.469 e. The van der Waals surface area contributed by atoms with Crippen molar-refractivity contribution in [1.82, 2.24) is 4.90 Å². The highest BCUT2D eigenvalue weighted by Gasteiger charge is 2.76. The highest BCUT2D eigenvalue weighted by molar-refractivity contribution is 5.88. The largest absolute Gasteiger partial charge is 0.469 e. The quantitative estimate of drug-likeness (QED) is 0.491. The van der Waals surface area contributed by atoms with Crippen molar-refractivity contribution < 1.29 is 28.6 Å². The van der Waals surface area contributed by atoms with Gasteiger partial charge in [-0.05, 0) is 36.5 Å². The molecule has 0 N–H and O–H groups in total. The summed E-state index contributed by atoms with van der Waals surface area (Å²) in [4.78, 5) is 43.7. The number of para-hydroxylation sites is 1. The molecule has 1 aliphatic carbocycles. The van der Waals surface area contributed by atoms with Crippen LogP contribution in [0.2, 0.25) is 0 Å². The molecule has 3 aliphatic rings. The predicted molar refractivity (Wildman–Crippen MR) is 127 cm³/mol. The van der Waals surface area contributed by atoms with E-state index in [2.05, 4.69) is 17.0 Å². The summed E-state index contributed by atoms with van der Waals surface area (Å²) >= 11 is 0. The molecule has 1 saturated heterocycles. The lowest BCUT2D eigenvalue weighted by atomic mass is 9.54. The van der Waals surface area contributed by atoms with Crippen molar-refractivity contribution in [3.63, 3.8) is 0 Å². The molecule has 5 rings (SSSR count). The summed E-state index contributed by atoms with van der Waals surface area (Å²) in [6.45, 7) is 0.928. The van der Waals surface area contributed by atoms with Crippen LogP contribution in [-0.2, 0) is 35.8 Å². The van der Waals surface area contributed by atoms with Crippen molar-refractivity contribution in [2.75, 3.05) is 32.8 Å². The first-order chi connectivity index (χ1) is 17.0. The fraction of sp³-hybridized carbons (Fsp3) is 0.444. The zero-order valence-corrected chi connectivity index (χ0v) is 20.2. The maximum Gasteiger partial charge on any atom is 0.411 e. The number of likely N-dealkylation sites (tertiary alicyclic amines) is 1. The lowest BCUT2D eigenvalue weighted by Crippen LogP contribution is -2.70. The van der Waals surface area contributed by atoms with Gasteiger partial charge >= 0.3 is 18.0 Å². The summed E-state index contributed by atoms with van der Waals surface area (Å²) < 4.78 is 15.7. The topological polar surface area (TPSA) is 85.4 Å². The Bertz CT molecular complexity index is 1150. The molecule has 0 unspecified atom stereocenters. The van der Waals surface area contributed by atoms with Crippen LogP contribution < -0.4 is 4.90 Å². The molecule has 1 saturated carbocycles. The number of nitrogens with zero attached hydrogens (tertiary/aromatic N) is 2. The monoisotopic (exact) mass is 478 g/mol. The second-order valence-corrected chi connectivity index (χ2v) is 9.42. The van der Waals surface area contributed by atoms with Gasteiger partial charge in [-0.1, -0.05) is 48.5 Å². The predicted octanol–water partition coefficient (Wildman–Crippen LogP) is 3.49. The molecular formula is C27H30N2O6. The number of amides is 1. The summed E-state index contributed by atoms with van der Waals surface area (Å²) in [7, 11) is 4.07. The van der Waals surface area contributed by atoms with E-state index in [0.29, 0.717) is 32.4 Å². The van der Waals surface area contributed by atoms with E-state index in [-0.39, 0.29) is 0 Å². The molecule has 8 nitrogen and oxygen atoms in total. The van der Waals surface area contributed by atoms with Gasteiger partial charge in [0.25, 0.3) is 0 Å². The first-order valence-electron chi connectivity index (χ1n) is 11.9. The van der Waals surface area contributed by atoms with Crippen molar-refractivity contribution in [1.29, 1.82) is 0 Å². The summed E-state index contributed by atoms with van der Waals surface area (Å²) in [5.74, 6) is -2.39.